The standard InChI is InChI=1S/C10H14N2.ClH/c1-7-4-9(8-2-3-8)10(5-11)12-6-7;/h4,6,8H,2-3,5,11H2,1H3;1H. The van der Waals surface area contributed by atoms with Gasteiger partial charge >= 0.3 is 0 Å². The van der Waals surface area contributed by atoms with Crippen LogP contribution in [0.3, 0.4) is 0 Å². The minimum absolute atomic E-state index is 0. The third-order valence-electron chi connectivity index (χ3n) is 2.35. The van der Waals surface area contributed by atoms with E-state index in [0.29, 0.717) is 6.54 Å². The fraction of sp³-hybridized carbons (Fsp3) is 0.500. The average Bonchev–Trinajstić information content (AvgIpc) is 2.87. The Balaban J connectivity index is 0.000000845. The van der Waals surface area contributed by atoms with Crippen molar-refractivity contribution in [1.29, 1.82) is 0 Å². The van der Waals surface area contributed by atoms with Gasteiger partial charge in [-0.3, -0.25) is 4.98 Å². The molecule has 2 N–H and O–H groups in total. The fourth-order valence-corrected chi connectivity index (χ4v) is 1.54. The molecule has 0 amide bonds. The number of aryl methyl sites for hydroxylation is 1. The summed E-state index contributed by atoms with van der Waals surface area (Å²) >= 11 is 0. The van der Waals surface area contributed by atoms with E-state index >= 15 is 0 Å². The molecule has 0 aromatic carbocycles. The minimum atomic E-state index is 0. The highest BCUT2D eigenvalue weighted by Gasteiger charge is 2.26. The van der Waals surface area contributed by atoms with Crippen molar-refractivity contribution in [3.8, 4) is 0 Å². The molecule has 1 aliphatic carbocycles. The van der Waals surface area contributed by atoms with Crippen LogP contribution in [-0.2, 0) is 6.54 Å². The summed E-state index contributed by atoms with van der Waals surface area (Å²) < 4.78 is 0. The molecule has 0 saturated heterocycles. The first-order chi connectivity index (χ1) is 5.81. The molecule has 3 heteroatoms. The van der Waals surface area contributed by atoms with Crippen LogP contribution >= 0.6 is 12.4 Å². The first-order valence-corrected chi connectivity index (χ1v) is 4.46. The number of pyridine rings is 1. The number of hydrogen-bond acceptors (Lipinski definition) is 2. The fourth-order valence-electron chi connectivity index (χ4n) is 1.54. The summed E-state index contributed by atoms with van der Waals surface area (Å²) in [5.74, 6) is 0.760. The molecule has 0 bridgehead atoms. The van der Waals surface area contributed by atoms with Gasteiger partial charge in [0.05, 0.1) is 5.69 Å². The third-order valence-corrected chi connectivity index (χ3v) is 2.35. The van der Waals surface area contributed by atoms with E-state index in [2.05, 4.69) is 18.0 Å². The third kappa shape index (κ3) is 2.20. The van der Waals surface area contributed by atoms with Gasteiger partial charge in [0, 0.05) is 12.7 Å². The largest absolute Gasteiger partial charge is 0.325 e. The van der Waals surface area contributed by atoms with Gasteiger partial charge in [-0.1, -0.05) is 6.07 Å². The van der Waals surface area contributed by atoms with Crippen LogP contribution in [0.1, 0.15) is 35.6 Å². The molecule has 1 fully saturated rings. The molecular weight excluding hydrogens is 184 g/mol. The lowest BCUT2D eigenvalue weighted by molar-refractivity contribution is 0.924. The van der Waals surface area contributed by atoms with Gasteiger partial charge in [-0.15, -0.1) is 12.4 Å². The maximum atomic E-state index is 5.60. The molecule has 1 aromatic rings. The molecule has 1 aromatic heterocycles. The highest BCUT2D eigenvalue weighted by Crippen LogP contribution is 2.41. The first kappa shape index (κ1) is 10.5. The van der Waals surface area contributed by atoms with Crippen LogP contribution in [0, 0.1) is 6.92 Å². The summed E-state index contributed by atoms with van der Waals surface area (Å²) in [6.07, 6.45) is 4.53. The summed E-state index contributed by atoms with van der Waals surface area (Å²) in [6.45, 7) is 2.66. The van der Waals surface area contributed by atoms with Crippen molar-refractivity contribution in [2.24, 2.45) is 5.73 Å². The van der Waals surface area contributed by atoms with Crippen LogP contribution in [0.15, 0.2) is 12.3 Å². The summed E-state index contributed by atoms with van der Waals surface area (Å²) in [5, 5.41) is 0. The molecule has 2 rings (SSSR count). The number of halogens is 1. The van der Waals surface area contributed by atoms with E-state index in [-0.39, 0.29) is 12.4 Å². The molecule has 72 valence electrons. The molecular formula is C10H15ClN2. The molecule has 1 heterocycles. The Kier molecular flexibility index (Phi) is 3.28. The second kappa shape index (κ2) is 4.07. The zero-order valence-electron chi connectivity index (χ0n) is 7.79. The van der Waals surface area contributed by atoms with E-state index in [1.54, 1.807) is 0 Å². The number of aromatic nitrogens is 1. The van der Waals surface area contributed by atoms with Crippen LogP contribution in [0.4, 0.5) is 0 Å². The average molecular weight is 199 g/mol. The van der Waals surface area contributed by atoms with Crippen LogP contribution in [0.2, 0.25) is 0 Å². The van der Waals surface area contributed by atoms with E-state index in [1.807, 2.05) is 6.20 Å². The van der Waals surface area contributed by atoms with Crippen molar-refractivity contribution < 1.29 is 0 Å². The number of nitrogens with two attached hydrogens (primary N) is 1. The number of nitrogens with zero attached hydrogens (tertiary/aromatic N) is 1. The van der Waals surface area contributed by atoms with Gasteiger partial charge in [0.25, 0.3) is 0 Å². The maximum Gasteiger partial charge on any atom is 0.0574 e. The molecule has 0 unspecified atom stereocenters. The molecule has 1 aliphatic rings. The minimum Gasteiger partial charge on any atom is -0.325 e. The van der Waals surface area contributed by atoms with E-state index < -0.39 is 0 Å². The van der Waals surface area contributed by atoms with Crippen LogP contribution in [0.5, 0.6) is 0 Å². The van der Waals surface area contributed by atoms with Crippen molar-refractivity contribution in [2.45, 2.75) is 32.2 Å². The summed E-state index contributed by atoms with van der Waals surface area (Å²) in [6, 6.07) is 2.23. The Bertz CT molecular complexity index is 295. The van der Waals surface area contributed by atoms with Crippen molar-refractivity contribution in [2.75, 3.05) is 0 Å². The normalized spacial score (nSPS) is 15.2. The SMILES string of the molecule is Cc1cnc(CN)c(C2CC2)c1.Cl. The molecule has 2 nitrogen and oxygen atoms in total. The van der Waals surface area contributed by atoms with Gasteiger partial charge in [0.1, 0.15) is 0 Å². The summed E-state index contributed by atoms with van der Waals surface area (Å²) in [7, 11) is 0. The second-order valence-corrected chi connectivity index (χ2v) is 3.53. The van der Waals surface area contributed by atoms with Gasteiger partial charge in [0.15, 0.2) is 0 Å². The molecule has 1 saturated carbocycles. The van der Waals surface area contributed by atoms with Gasteiger partial charge in [0.2, 0.25) is 0 Å². The quantitative estimate of drug-likeness (QED) is 0.791. The Hall–Kier alpha value is -0.600. The van der Waals surface area contributed by atoms with Crippen molar-refractivity contribution in [3.05, 3.63) is 29.1 Å². The first-order valence-electron chi connectivity index (χ1n) is 4.46. The molecule has 0 atom stereocenters. The van der Waals surface area contributed by atoms with E-state index in [1.165, 1.54) is 24.0 Å². The molecule has 0 spiro atoms. The van der Waals surface area contributed by atoms with Gasteiger partial charge in [-0.2, -0.15) is 0 Å². The van der Waals surface area contributed by atoms with E-state index in [0.717, 1.165) is 11.6 Å². The smallest absolute Gasteiger partial charge is 0.0574 e. The second-order valence-electron chi connectivity index (χ2n) is 3.53. The van der Waals surface area contributed by atoms with E-state index in [9.17, 15) is 0 Å². The highest BCUT2D eigenvalue weighted by atomic mass is 35.5. The number of rotatable bonds is 2. The predicted octanol–water partition coefficient (Wildman–Crippen LogP) is 2.15. The lowest BCUT2D eigenvalue weighted by atomic mass is 10.1. The Labute approximate surface area is 85.0 Å². The van der Waals surface area contributed by atoms with E-state index in [4.69, 9.17) is 5.73 Å². The van der Waals surface area contributed by atoms with Gasteiger partial charge < -0.3 is 5.73 Å². The number of hydrogen-bond donors (Lipinski definition) is 1. The predicted molar refractivity (Wildman–Crippen MR) is 56.1 cm³/mol. The molecule has 0 radical (unpaired) electrons. The van der Waals surface area contributed by atoms with Gasteiger partial charge in [-0.05, 0) is 36.8 Å². The zero-order chi connectivity index (χ0) is 8.55. The van der Waals surface area contributed by atoms with Crippen molar-refractivity contribution >= 4 is 12.4 Å². The van der Waals surface area contributed by atoms with Crippen LogP contribution < -0.4 is 5.73 Å². The maximum absolute atomic E-state index is 5.60. The van der Waals surface area contributed by atoms with Crippen LogP contribution in [-0.4, -0.2) is 4.98 Å². The molecule has 13 heavy (non-hydrogen) atoms. The Morgan fingerprint density at radius 3 is 2.77 bits per heavy atom. The summed E-state index contributed by atoms with van der Waals surface area (Å²) in [4.78, 5) is 4.33. The monoisotopic (exact) mass is 198 g/mol. The lowest BCUT2D eigenvalue weighted by Crippen LogP contribution is -2.04. The Morgan fingerprint density at radius 2 is 2.23 bits per heavy atom. The highest BCUT2D eigenvalue weighted by molar-refractivity contribution is 5.85. The lowest BCUT2D eigenvalue weighted by Gasteiger charge is -2.05. The molecule has 0 aliphatic heterocycles. The van der Waals surface area contributed by atoms with Crippen molar-refractivity contribution in [1.82, 2.24) is 4.98 Å². The topological polar surface area (TPSA) is 38.9 Å². The van der Waals surface area contributed by atoms with Crippen molar-refractivity contribution in [3.63, 3.8) is 0 Å². The zero-order valence-corrected chi connectivity index (χ0v) is 8.60. The summed E-state index contributed by atoms with van der Waals surface area (Å²) in [5.41, 5.74) is 9.32. The van der Waals surface area contributed by atoms with Gasteiger partial charge in [-0.25, -0.2) is 0 Å². The Morgan fingerprint density at radius 1 is 1.54 bits per heavy atom. The van der Waals surface area contributed by atoms with Crippen LogP contribution in [0.25, 0.3) is 0 Å².